The Balaban J connectivity index is 2.07. The van der Waals surface area contributed by atoms with Crippen molar-refractivity contribution in [2.75, 3.05) is 5.32 Å². The number of nitrogens with one attached hydrogen (secondary N) is 1. The van der Waals surface area contributed by atoms with E-state index in [1.165, 1.54) is 0 Å². The van der Waals surface area contributed by atoms with E-state index in [1.54, 1.807) is 48.5 Å². The molecule has 0 bridgehead atoms. The Morgan fingerprint density at radius 2 is 1.64 bits per heavy atom. The third kappa shape index (κ3) is 4.44. The fourth-order valence-corrected chi connectivity index (χ4v) is 2.01. The van der Waals surface area contributed by atoms with Crippen LogP contribution in [0.25, 0.3) is 5.76 Å². The number of hydrogen-bond donors (Lipinski definition) is 2. The van der Waals surface area contributed by atoms with E-state index in [-0.39, 0.29) is 5.76 Å². The van der Waals surface area contributed by atoms with Crippen LogP contribution in [0.5, 0.6) is 0 Å². The second-order valence-corrected chi connectivity index (χ2v) is 5.71. The predicted molar refractivity (Wildman–Crippen MR) is 89.8 cm³/mol. The van der Waals surface area contributed by atoms with Crippen LogP contribution in [-0.4, -0.2) is 16.8 Å². The average molecular weight is 381 g/mol. The van der Waals surface area contributed by atoms with E-state index in [2.05, 4.69) is 21.2 Å². The van der Waals surface area contributed by atoms with E-state index in [0.717, 1.165) is 10.5 Å². The summed E-state index contributed by atoms with van der Waals surface area (Å²) in [5.74, 6) is -1.98. The first-order valence-corrected chi connectivity index (χ1v) is 7.40. The number of anilines is 1. The van der Waals surface area contributed by atoms with Gasteiger partial charge < -0.3 is 10.4 Å². The minimum atomic E-state index is -0.852. The minimum absolute atomic E-state index is 0.298. The third-order valence-corrected chi connectivity index (χ3v) is 3.51. The highest BCUT2D eigenvalue weighted by atomic mass is 79.9. The number of benzene rings is 2. The molecule has 0 atom stereocenters. The van der Waals surface area contributed by atoms with E-state index in [4.69, 9.17) is 11.6 Å². The van der Waals surface area contributed by atoms with E-state index in [0.29, 0.717) is 16.3 Å². The van der Waals surface area contributed by atoms with Gasteiger partial charge in [-0.15, -0.1) is 0 Å². The summed E-state index contributed by atoms with van der Waals surface area (Å²) in [6.45, 7) is 0. The number of hydrogen-bond acceptors (Lipinski definition) is 3. The van der Waals surface area contributed by atoms with Gasteiger partial charge in [0.1, 0.15) is 5.76 Å². The molecule has 0 aliphatic carbocycles. The Labute approximate surface area is 140 Å². The van der Waals surface area contributed by atoms with E-state index in [9.17, 15) is 14.7 Å². The van der Waals surface area contributed by atoms with Gasteiger partial charge in [0.05, 0.1) is 0 Å². The summed E-state index contributed by atoms with van der Waals surface area (Å²) in [5.41, 5.74) is 0.884. The lowest BCUT2D eigenvalue weighted by molar-refractivity contribution is -0.131. The van der Waals surface area contributed by atoms with Crippen molar-refractivity contribution in [1.29, 1.82) is 0 Å². The Morgan fingerprint density at radius 3 is 2.23 bits per heavy atom. The van der Waals surface area contributed by atoms with Crippen molar-refractivity contribution >= 4 is 50.7 Å². The number of halogens is 2. The summed E-state index contributed by atoms with van der Waals surface area (Å²) in [5, 5.41) is 12.8. The van der Waals surface area contributed by atoms with Crippen molar-refractivity contribution in [3.63, 3.8) is 0 Å². The number of rotatable bonds is 4. The van der Waals surface area contributed by atoms with Gasteiger partial charge in [-0.1, -0.05) is 27.5 Å². The van der Waals surface area contributed by atoms with Crippen LogP contribution in [-0.2, 0) is 9.59 Å². The molecule has 0 unspecified atom stereocenters. The molecule has 0 radical (unpaired) electrons. The van der Waals surface area contributed by atoms with Crippen LogP contribution in [0.1, 0.15) is 5.56 Å². The highest BCUT2D eigenvalue weighted by Gasteiger charge is 2.13. The molecule has 0 saturated carbocycles. The molecule has 2 aromatic rings. The smallest absolute Gasteiger partial charge is 0.296 e. The zero-order valence-electron chi connectivity index (χ0n) is 11.2. The van der Waals surface area contributed by atoms with Gasteiger partial charge in [-0.25, -0.2) is 0 Å². The normalized spacial score (nSPS) is 11.1. The van der Waals surface area contributed by atoms with Crippen molar-refractivity contribution in [2.24, 2.45) is 0 Å². The molecule has 2 N–H and O–H groups in total. The van der Waals surface area contributed by atoms with Crippen LogP contribution >= 0.6 is 27.5 Å². The van der Waals surface area contributed by atoms with Crippen molar-refractivity contribution in [2.45, 2.75) is 0 Å². The fraction of sp³-hybridized carbons (Fsp3) is 0. The Morgan fingerprint density at radius 1 is 1.05 bits per heavy atom. The SMILES string of the molecule is O=C(/C=C(\O)c1ccc(Cl)cc1)C(=O)Nc1ccc(Br)cc1. The molecule has 2 aromatic carbocycles. The van der Waals surface area contributed by atoms with Crippen molar-refractivity contribution in [1.82, 2.24) is 0 Å². The van der Waals surface area contributed by atoms with Crippen molar-refractivity contribution < 1.29 is 14.7 Å². The highest BCUT2D eigenvalue weighted by Crippen LogP contribution is 2.16. The van der Waals surface area contributed by atoms with Crippen LogP contribution in [0.2, 0.25) is 5.02 Å². The summed E-state index contributed by atoms with van der Waals surface area (Å²) in [6.07, 6.45) is 0.872. The van der Waals surface area contributed by atoms with Crippen LogP contribution < -0.4 is 5.32 Å². The lowest BCUT2D eigenvalue weighted by atomic mass is 10.1. The summed E-state index contributed by atoms with van der Waals surface area (Å²) < 4.78 is 0.858. The van der Waals surface area contributed by atoms with Gasteiger partial charge in [-0.2, -0.15) is 0 Å². The number of amides is 1. The monoisotopic (exact) mass is 379 g/mol. The van der Waals surface area contributed by atoms with Gasteiger partial charge >= 0.3 is 0 Å². The Bertz CT molecular complexity index is 724. The van der Waals surface area contributed by atoms with Gasteiger partial charge in [0.15, 0.2) is 0 Å². The number of aliphatic hydroxyl groups is 1. The molecule has 0 saturated heterocycles. The second kappa shape index (κ2) is 7.24. The molecule has 4 nitrogen and oxygen atoms in total. The maximum Gasteiger partial charge on any atom is 0.296 e. The topological polar surface area (TPSA) is 66.4 Å². The van der Waals surface area contributed by atoms with Gasteiger partial charge in [-0.3, -0.25) is 9.59 Å². The quantitative estimate of drug-likeness (QED) is 0.474. The molecule has 2 rings (SSSR count). The molecule has 0 aliphatic rings. The standard InChI is InChI=1S/C16H11BrClNO3/c17-11-3-7-13(8-4-11)19-16(22)15(21)9-14(20)10-1-5-12(18)6-2-10/h1-9,20H,(H,19,22)/b14-9-. The first kappa shape index (κ1) is 16.3. The van der Waals surface area contributed by atoms with Gasteiger partial charge in [0, 0.05) is 26.8 Å². The maximum atomic E-state index is 11.8. The predicted octanol–water partition coefficient (Wildman–Crippen LogP) is 4.21. The third-order valence-electron chi connectivity index (χ3n) is 2.73. The molecule has 0 aromatic heterocycles. The number of ketones is 1. The van der Waals surface area contributed by atoms with Crippen LogP contribution in [0.3, 0.4) is 0 Å². The first-order valence-electron chi connectivity index (χ1n) is 6.23. The summed E-state index contributed by atoms with van der Waals surface area (Å²) in [4.78, 5) is 23.6. The molecule has 1 amide bonds. The second-order valence-electron chi connectivity index (χ2n) is 4.36. The fourth-order valence-electron chi connectivity index (χ4n) is 1.62. The zero-order valence-corrected chi connectivity index (χ0v) is 13.6. The molecule has 22 heavy (non-hydrogen) atoms. The molecule has 0 fully saturated rings. The van der Waals surface area contributed by atoms with Gasteiger partial charge in [-0.05, 0) is 48.5 Å². The summed E-state index contributed by atoms with van der Waals surface area (Å²) in [7, 11) is 0. The maximum absolute atomic E-state index is 11.8. The molecular formula is C16H11BrClNO3. The zero-order chi connectivity index (χ0) is 16.1. The molecule has 112 valence electrons. The highest BCUT2D eigenvalue weighted by molar-refractivity contribution is 9.10. The Hall–Kier alpha value is -2.11. The molecule has 0 aliphatic heterocycles. The Kier molecular flexibility index (Phi) is 5.35. The molecule has 0 spiro atoms. The van der Waals surface area contributed by atoms with Crippen LogP contribution in [0, 0.1) is 0 Å². The van der Waals surface area contributed by atoms with E-state index >= 15 is 0 Å². The van der Waals surface area contributed by atoms with E-state index in [1.807, 2.05) is 0 Å². The van der Waals surface area contributed by atoms with Crippen LogP contribution in [0.4, 0.5) is 5.69 Å². The largest absolute Gasteiger partial charge is 0.507 e. The summed E-state index contributed by atoms with van der Waals surface area (Å²) in [6, 6.07) is 13.0. The number of carbonyl (C=O) groups excluding carboxylic acids is 2. The van der Waals surface area contributed by atoms with Crippen LogP contribution in [0.15, 0.2) is 59.1 Å². The number of carbonyl (C=O) groups is 2. The molecule has 0 heterocycles. The van der Waals surface area contributed by atoms with Gasteiger partial charge in [0.25, 0.3) is 5.91 Å². The molecular weight excluding hydrogens is 370 g/mol. The van der Waals surface area contributed by atoms with E-state index < -0.39 is 11.7 Å². The lowest BCUT2D eigenvalue weighted by Gasteiger charge is -2.03. The first-order chi connectivity index (χ1) is 10.5. The average Bonchev–Trinajstić information content (AvgIpc) is 2.50. The van der Waals surface area contributed by atoms with Gasteiger partial charge in [0.2, 0.25) is 5.78 Å². The van der Waals surface area contributed by atoms with Crippen molar-refractivity contribution in [3.05, 3.63) is 69.7 Å². The van der Waals surface area contributed by atoms with Crippen molar-refractivity contribution in [3.8, 4) is 0 Å². The summed E-state index contributed by atoms with van der Waals surface area (Å²) >= 11 is 9.01. The molecule has 6 heteroatoms. The minimum Gasteiger partial charge on any atom is -0.507 e. The number of aliphatic hydroxyl groups excluding tert-OH is 1. The lowest BCUT2D eigenvalue weighted by Crippen LogP contribution is -2.21.